The quantitative estimate of drug-likeness (QED) is 0.383. The van der Waals surface area contributed by atoms with Crippen LogP contribution in [0.25, 0.3) is 0 Å². The zero-order valence-corrected chi connectivity index (χ0v) is 18.0. The maximum atomic E-state index is 4.76. The SMILES string of the molecule is CCNC(=NCC(C)(C)c1ccccc1)NCCn1cc(C)cn1.I. The van der Waals surface area contributed by atoms with Crippen molar-refractivity contribution in [1.29, 1.82) is 0 Å². The summed E-state index contributed by atoms with van der Waals surface area (Å²) >= 11 is 0. The van der Waals surface area contributed by atoms with Crippen molar-refractivity contribution >= 4 is 29.9 Å². The van der Waals surface area contributed by atoms with Gasteiger partial charge in [-0.25, -0.2) is 0 Å². The van der Waals surface area contributed by atoms with E-state index in [1.165, 1.54) is 11.1 Å². The summed E-state index contributed by atoms with van der Waals surface area (Å²) in [7, 11) is 0. The Morgan fingerprint density at radius 1 is 1.20 bits per heavy atom. The molecule has 0 bridgehead atoms. The number of aliphatic imine (C=N–C) groups is 1. The van der Waals surface area contributed by atoms with Crippen LogP contribution in [0.1, 0.15) is 31.9 Å². The van der Waals surface area contributed by atoms with Crippen LogP contribution in [-0.4, -0.2) is 35.4 Å². The molecule has 5 nitrogen and oxygen atoms in total. The molecule has 0 saturated heterocycles. The van der Waals surface area contributed by atoms with Gasteiger partial charge in [-0.05, 0) is 25.0 Å². The van der Waals surface area contributed by atoms with Gasteiger partial charge in [-0.15, -0.1) is 24.0 Å². The summed E-state index contributed by atoms with van der Waals surface area (Å²) in [6.45, 7) is 11.8. The van der Waals surface area contributed by atoms with Crippen molar-refractivity contribution in [3.8, 4) is 0 Å². The van der Waals surface area contributed by atoms with Crippen LogP contribution < -0.4 is 10.6 Å². The van der Waals surface area contributed by atoms with Gasteiger partial charge >= 0.3 is 0 Å². The van der Waals surface area contributed by atoms with Crippen LogP contribution in [-0.2, 0) is 12.0 Å². The van der Waals surface area contributed by atoms with Crippen LogP contribution in [0.4, 0.5) is 0 Å². The molecule has 6 heteroatoms. The highest BCUT2D eigenvalue weighted by molar-refractivity contribution is 14.0. The second-order valence-electron chi connectivity index (χ2n) is 6.65. The highest BCUT2D eigenvalue weighted by atomic mass is 127. The first-order chi connectivity index (χ1) is 11.5. The molecule has 0 radical (unpaired) electrons. The minimum atomic E-state index is 0. The Morgan fingerprint density at radius 3 is 2.52 bits per heavy atom. The summed E-state index contributed by atoms with van der Waals surface area (Å²) in [4.78, 5) is 4.76. The Labute approximate surface area is 168 Å². The lowest BCUT2D eigenvalue weighted by Crippen LogP contribution is -2.40. The summed E-state index contributed by atoms with van der Waals surface area (Å²) in [6, 6.07) is 10.5. The fraction of sp³-hybridized carbons (Fsp3) is 0.474. The lowest BCUT2D eigenvalue weighted by atomic mass is 9.85. The first-order valence-electron chi connectivity index (χ1n) is 8.58. The minimum Gasteiger partial charge on any atom is -0.357 e. The third-order valence-corrected chi connectivity index (χ3v) is 3.93. The van der Waals surface area contributed by atoms with Crippen molar-refractivity contribution in [3.05, 3.63) is 53.9 Å². The largest absolute Gasteiger partial charge is 0.357 e. The Hall–Kier alpha value is -1.57. The molecule has 0 fully saturated rings. The van der Waals surface area contributed by atoms with Crippen molar-refractivity contribution in [3.63, 3.8) is 0 Å². The molecule has 1 heterocycles. The van der Waals surface area contributed by atoms with Crippen molar-refractivity contribution in [2.24, 2.45) is 4.99 Å². The molecule has 1 aromatic carbocycles. The maximum Gasteiger partial charge on any atom is 0.191 e. The Bertz CT molecular complexity index is 649. The fourth-order valence-corrected chi connectivity index (χ4v) is 2.48. The molecule has 0 aliphatic heterocycles. The topological polar surface area (TPSA) is 54.2 Å². The summed E-state index contributed by atoms with van der Waals surface area (Å²) in [5.41, 5.74) is 2.49. The lowest BCUT2D eigenvalue weighted by Gasteiger charge is -2.24. The van der Waals surface area contributed by atoms with Crippen molar-refractivity contribution in [2.45, 2.75) is 39.7 Å². The fourth-order valence-electron chi connectivity index (χ4n) is 2.48. The molecular weight excluding hydrogens is 425 g/mol. The van der Waals surface area contributed by atoms with Crippen LogP contribution in [0.15, 0.2) is 47.7 Å². The summed E-state index contributed by atoms with van der Waals surface area (Å²) in [5.74, 6) is 0.852. The molecule has 2 rings (SSSR count). The molecule has 0 atom stereocenters. The predicted molar refractivity (Wildman–Crippen MR) is 116 cm³/mol. The van der Waals surface area contributed by atoms with Gasteiger partial charge < -0.3 is 10.6 Å². The average Bonchev–Trinajstić information content (AvgIpc) is 2.99. The first kappa shape index (κ1) is 21.5. The van der Waals surface area contributed by atoms with E-state index in [1.54, 1.807) is 0 Å². The molecular formula is C19H30IN5. The highest BCUT2D eigenvalue weighted by Gasteiger charge is 2.19. The molecule has 0 aliphatic rings. The number of hydrogen-bond donors (Lipinski definition) is 2. The average molecular weight is 455 g/mol. The number of hydrogen-bond acceptors (Lipinski definition) is 2. The van der Waals surface area contributed by atoms with Gasteiger partial charge in [0.2, 0.25) is 0 Å². The van der Waals surface area contributed by atoms with E-state index in [4.69, 9.17) is 4.99 Å². The number of aromatic nitrogens is 2. The smallest absolute Gasteiger partial charge is 0.191 e. The second-order valence-corrected chi connectivity index (χ2v) is 6.65. The van der Waals surface area contributed by atoms with E-state index in [9.17, 15) is 0 Å². The zero-order valence-electron chi connectivity index (χ0n) is 15.6. The van der Waals surface area contributed by atoms with Gasteiger partial charge in [0.1, 0.15) is 0 Å². The van der Waals surface area contributed by atoms with E-state index >= 15 is 0 Å². The van der Waals surface area contributed by atoms with Crippen molar-refractivity contribution in [1.82, 2.24) is 20.4 Å². The van der Waals surface area contributed by atoms with Gasteiger partial charge in [0.15, 0.2) is 5.96 Å². The first-order valence-corrected chi connectivity index (χ1v) is 8.58. The summed E-state index contributed by atoms with van der Waals surface area (Å²) in [5, 5.41) is 11.0. The minimum absolute atomic E-state index is 0. The molecule has 0 saturated carbocycles. The van der Waals surface area contributed by atoms with Gasteiger partial charge in [0.25, 0.3) is 0 Å². The molecule has 138 valence electrons. The number of rotatable bonds is 7. The van der Waals surface area contributed by atoms with Gasteiger partial charge in [0, 0.05) is 24.7 Å². The normalized spacial score (nSPS) is 11.8. The van der Waals surface area contributed by atoms with Crippen LogP contribution >= 0.6 is 24.0 Å². The Balaban J connectivity index is 0.00000312. The highest BCUT2D eigenvalue weighted by Crippen LogP contribution is 2.22. The van der Waals surface area contributed by atoms with Gasteiger partial charge in [-0.1, -0.05) is 44.2 Å². The molecule has 2 aromatic rings. The van der Waals surface area contributed by atoms with Crippen LogP contribution in [0, 0.1) is 6.92 Å². The lowest BCUT2D eigenvalue weighted by molar-refractivity contribution is 0.535. The van der Waals surface area contributed by atoms with Gasteiger partial charge in [0.05, 0.1) is 19.3 Å². The van der Waals surface area contributed by atoms with E-state index in [2.05, 4.69) is 60.8 Å². The summed E-state index contributed by atoms with van der Waals surface area (Å²) in [6.07, 6.45) is 3.92. The third-order valence-electron chi connectivity index (χ3n) is 3.93. The number of halogens is 1. The maximum absolute atomic E-state index is 4.76. The molecule has 0 unspecified atom stereocenters. The second kappa shape index (κ2) is 10.4. The third kappa shape index (κ3) is 7.05. The monoisotopic (exact) mass is 455 g/mol. The number of guanidine groups is 1. The van der Waals surface area contributed by atoms with E-state index in [-0.39, 0.29) is 29.4 Å². The number of nitrogens with one attached hydrogen (secondary N) is 2. The summed E-state index contributed by atoms with van der Waals surface area (Å²) < 4.78 is 1.94. The van der Waals surface area contributed by atoms with Crippen molar-refractivity contribution in [2.75, 3.05) is 19.6 Å². The predicted octanol–water partition coefficient (Wildman–Crippen LogP) is 3.34. The molecule has 1 aromatic heterocycles. The number of benzene rings is 1. The van der Waals surface area contributed by atoms with Crippen molar-refractivity contribution < 1.29 is 0 Å². The number of nitrogens with zero attached hydrogens (tertiary/aromatic N) is 3. The van der Waals surface area contributed by atoms with Crippen LogP contribution in [0.5, 0.6) is 0 Å². The van der Waals surface area contributed by atoms with E-state index in [1.807, 2.05) is 30.1 Å². The molecule has 0 aliphatic carbocycles. The molecule has 0 spiro atoms. The molecule has 25 heavy (non-hydrogen) atoms. The van der Waals surface area contributed by atoms with Crippen LogP contribution in [0.3, 0.4) is 0 Å². The van der Waals surface area contributed by atoms with Gasteiger partial charge in [-0.3, -0.25) is 9.67 Å². The standard InChI is InChI=1S/C19H29N5.HI/c1-5-20-18(21-11-12-24-14-16(2)13-23-24)22-15-19(3,4)17-9-7-6-8-10-17;/h6-10,13-14H,5,11-12,15H2,1-4H3,(H2,20,21,22);1H. The van der Waals surface area contributed by atoms with E-state index < -0.39 is 0 Å². The molecule has 2 N–H and O–H groups in total. The van der Waals surface area contributed by atoms with Gasteiger partial charge in [-0.2, -0.15) is 5.10 Å². The zero-order chi connectivity index (χ0) is 17.4. The number of aryl methyl sites for hydroxylation is 1. The van der Waals surface area contributed by atoms with Crippen LogP contribution in [0.2, 0.25) is 0 Å². The molecule has 0 amide bonds. The Morgan fingerprint density at radius 2 is 1.92 bits per heavy atom. The van der Waals surface area contributed by atoms with E-state index in [0.29, 0.717) is 0 Å². The Kier molecular flexibility index (Phi) is 8.96. The van der Waals surface area contributed by atoms with E-state index in [0.717, 1.165) is 32.1 Å².